The van der Waals surface area contributed by atoms with Crippen molar-refractivity contribution in [1.29, 1.82) is 0 Å². The SMILES string of the molecule is COc1ccc(Oc2c(C)oc3c4c(ccc3c2=O)OCN(Cc2ccncc2)C4)cc1. The summed E-state index contributed by atoms with van der Waals surface area (Å²) in [5, 5.41) is 0.465. The zero-order valence-corrected chi connectivity index (χ0v) is 17.8. The van der Waals surface area contributed by atoms with Crippen molar-refractivity contribution in [1.82, 2.24) is 9.88 Å². The minimum Gasteiger partial charge on any atom is -0.497 e. The van der Waals surface area contributed by atoms with Crippen LogP contribution in [0.2, 0.25) is 0 Å². The average Bonchev–Trinajstić information content (AvgIpc) is 2.83. The van der Waals surface area contributed by atoms with E-state index in [0.29, 0.717) is 48.0 Å². The van der Waals surface area contributed by atoms with Crippen LogP contribution >= 0.6 is 0 Å². The van der Waals surface area contributed by atoms with Gasteiger partial charge >= 0.3 is 0 Å². The van der Waals surface area contributed by atoms with Crippen LogP contribution in [0.25, 0.3) is 11.0 Å². The van der Waals surface area contributed by atoms with Gasteiger partial charge in [-0.15, -0.1) is 0 Å². The second kappa shape index (κ2) is 8.36. The number of ether oxygens (including phenoxy) is 3. The van der Waals surface area contributed by atoms with Gasteiger partial charge in [-0.2, -0.15) is 0 Å². The van der Waals surface area contributed by atoms with E-state index in [9.17, 15) is 4.79 Å². The predicted octanol–water partition coefficient (Wildman–Crippen LogP) is 4.65. The van der Waals surface area contributed by atoms with Crippen molar-refractivity contribution < 1.29 is 18.6 Å². The van der Waals surface area contributed by atoms with Gasteiger partial charge in [0.15, 0.2) is 0 Å². The molecule has 7 nitrogen and oxygen atoms in total. The molecule has 0 spiro atoms. The average molecular weight is 430 g/mol. The molecule has 0 fully saturated rings. The fraction of sp³-hybridized carbons (Fsp3) is 0.200. The molecule has 2 aromatic carbocycles. The monoisotopic (exact) mass is 430 g/mol. The summed E-state index contributed by atoms with van der Waals surface area (Å²) in [6, 6.07) is 14.6. The molecule has 0 bridgehead atoms. The molecule has 32 heavy (non-hydrogen) atoms. The highest BCUT2D eigenvalue weighted by Crippen LogP contribution is 2.34. The van der Waals surface area contributed by atoms with Gasteiger partial charge in [0.2, 0.25) is 11.2 Å². The van der Waals surface area contributed by atoms with Crippen LogP contribution < -0.4 is 19.6 Å². The van der Waals surface area contributed by atoms with Gasteiger partial charge in [0, 0.05) is 25.5 Å². The number of rotatable bonds is 5. The molecular formula is C25H22N2O5. The van der Waals surface area contributed by atoms with E-state index < -0.39 is 0 Å². The summed E-state index contributed by atoms with van der Waals surface area (Å²) < 4.78 is 23.1. The second-order valence-corrected chi connectivity index (χ2v) is 7.63. The number of hydrogen-bond donors (Lipinski definition) is 0. The maximum Gasteiger partial charge on any atom is 0.235 e. The molecule has 0 saturated carbocycles. The molecule has 3 heterocycles. The van der Waals surface area contributed by atoms with E-state index >= 15 is 0 Å². The Morgan fingerprint density at radius 2 is 1.78 bits per heavy atom. The van der Waals surface area contributed by atoms with Gasteiger partial charge in [0.1, 0.15) is 35.3 Å². The van der Waals surface area contributed by atoms with E-state index in [2.05, 4.69) is 9.88 Å². The molecule has 0 N–H and O–H groups in total. The number of benzene rings is 2. The van der Waals surface area contributed by atoms with Crippen LogP contribution in [-0.2, 0) is 13.1 Å². The van der Waals surface area contributed by atoms with Gasteiger partial charge in [-0.1, -0.05) is 0 Å². The first kappa shape index (κ1) is 20.1. The third-order valence-corrected chi connectivity index (χ3v) is 5.46. The maximum atomic E-state index is 13.3. The second-order valence-electron chi connectivity index (χ2n) is 7.63. The number of aromatic nitrogens is 1. The minimum absolute atomic E-state index is 0.174. The highest BCUT2D eigenvalue weighted by atomic mass is 16.5. The van der Waals surface area contributed by atoms with Crippen LogP contribution in [0.1, 0.15) is 16.9 Å². The fourth-order valence-electron chi connectivity index (χ4n) is 3.83. The lowest BCUT2D eigenvalue weighted by Gasteiger charge is -2.29. The Labute approximate surface area is 184 Å². The normalized spacial score (nSPS) is 13.4. The lowest BCUT2D eigenvalue weighted by molar-refractivity contribution is 0.0889. The molecule has 4 aromatic rings. The van der Waals surface area contributed by atoms with Crippen molar-refractivity contribution in [2.45, 2.75) is 20.0 Å². The highest BCUT2D eigenvalue weighted by Gasteiger charge is 2.24. The first-order valence-corrected chi connectivity index (χ1v) is 10.3. The molecule has 2 aromatic heterocycles. The Bertz CT molecular complexity index is 1320. The first-order chi connectivity index (χ1) is 15.6. The number of aryl methyl sites for hydroxylation is 1. The van der Waals surface area contributed by atoms with Gasteiger partial charge in [-0.3, -0.25) is 14.7 Å². The Hall–Kier alpha value is -3.84. The molecular weight excluding hydrogens is 408 g/mol. The molecule has 0 aliphatic carbocycles. The molecule has 162 valence electrons. The Balaban J connectivity index is 1.49. The number of pyridine rings is 1. The molecule has 0 saturated heterocycles. The summed E-state index contributed by atoms with van der Waals surface area (Å²) >= 11 is 0. The zero-order chi connectivity index (χ0) is 22.1. The van der Waals surface area contributed by atoms with Crippen molar-refractivity contribution in [2.24, 2.45) is 0 Å². The Morgan fingerprint density at radius 3 is 2.53 bits per heavy atom. The van der Waals surface area contributed by atoms with Crippen LogP contribution in [0.3, 0.4) is 0 Å². The number of methoxy groups -OCH3 is 1. The molecule has 5 rings (SSSR count). The molecule has 0 unspecified atom stereocenters. The van der Waals surface area contributed by atoms with Crippen LogP contribution in [-0.4, -0.2) is 23.7 Å². The molecule has 0 radical (unpaired) electrons. The molecule has 1 aliphatic heterocycles. The van der Waals surface area contributed by atoms with Crippen LogP contribution in [0.5, 0.6) is 23.0 Å². The van der Waals surface area contributed by atoms with Gasteiger partial charge in [0.05, 0.1) is 18.1 Å². The third kappa shape index (κ3) is 3.78. The summed E-state index contributed by atoms with van der Waals surface area (Å²) in [7, 11) is 1.60. The largest absolute Gasteiger partial charge is 0.497 e. The third-order valence-electron chi connectivity index (χ3n) is 5.46. The van der Waals surface area contributed by atoms with Gasteiger partial charge in [-0.25, -0.2) is 0 Å². The van der Waals surface area contributed by atoms with Gasteiger partial charge in [-0.05, 0) is 61.0 Å². The summed E-state index contributed by atoms with van der Waals surface area (Å²) in [6.07, 6.45) is 3.55. The lowest BCUT2D eigenvalue weighted by atomic mass is 10.1. The fourth-order valence-corrected chi connectivity index (χ4v) is 3.83. The maximum absolute atomic E-state index is 13.3. The quantitative estimate of drug-likeness (QED) is 0.456. The lowest BCUT2D eigenvalue weighted by Crippen LogP contribution is -2.31. The van der Waals surface area contributed by atoms with Crippen LogP contribution in [0.15, 0.2) is 70.1 Å². The van der Waals surface area contributed by atoms with Crippen molar-refractivity contribution in [3.05, 3.63) is 88.0 Å². The van der Waals surface area contributed by atoms with Crippen molar-refractivity contribution in [2.75, 3.05) is 13.8 Å². The molecule has 7 heteroatoms. The minimum atomic E-state index is -0.214. The molecule has 0 amide bonds. The summed E-state index contributed by atoms with van der Waals surface area (Å²) in [6.45, 7) is 3.51. The Kier molecular flexibility index (Phi) is 5.25. The Morgan fingerprint density at radius 1 is 1.03 bits per heavy atom. The first-order valence-electron chi connectivity index (χ1n) is 10.3. The predicted molar refractivity (Wildman–Crippen MR) is 119 cm³/mol. The van der Waals surface area contributed by atoms with E-state index in [1.165, 1.54) is 0 Å². The van der Waals surface area contributed by atoms with Crippen molar-refractivity contribution in [3.63, 3.8) is 0 Å². The van der Waals surface area contributed by atoms with E-state index in [4.69, 9.17) is 18.6 Å². The number of hydrogen-bond acceptors (Lipinski definition) is 7. The number of nitrogens with zero attached hydrogens (tertiary/aromatic N) is 2. The highest BCUT2D eigenvalue weighted by molar-refractivity contribution is 5.83. The van der Waals surface area contributed by atoms with Crippen LogP contribution in [0.4, 0.5) is 0 Å². The topological polar surface area (TPSA) is 74.0 Å². The van der Waals surface area contributed by atoms with Gasteiger partial charge < -0.3 is 18.6 Å². The van der Waals surface area contributed by atoms with E-state index in [1.807, 2.05) is 18.2 Å². The van der Waals surface area contributed by atoms with Gasteiger partial charge in [0.25, 0.3) is 0 Å². The summed E-state index contributed by atoms with van der Waals surface area (Å²) in [4.78, 5) is 19.5. The van der Waals surface area contributed by atoms with Crippen molar-refractivity contribution >= 4 is 11.0 Å². The van der Waals surface area contributed by atoms with E-state index in [-0.39, 0.29) is 11.2 Å². The van der Waals surface area contributed by atoms with E-state index in [1.54, 1.807) is 56.8 Å². The summed E-state index contributed by atoms with van der Waals surface area (Å²) in [5.41, 5.74) is 2.32. The van der Waals surface area contributed by atoms with Crippen LogP contribution in [0, 0.1) is 6.92 Å². The number of fused-ring (bicyclic) bond motifs is 3. The van der Waals surface area contributed by atoms with Crippen molar-refractivity contribution in [3.8, 4) is 23.0 Å². The standard InChI is InChI=1S/C25H22N2O5/c1-16-24(32-19-5-3-18(29-2)4-6-19)23(28)20-7-8-22-21(25(20)31-16)14-27(15-30-22)13-17-9-11-26-12-10-17/h3-12H,13-15H2,1-2H3. The molecule has 1 aliphatic rings. The smallest absolute Gasteiger partial charge is 0.235 e. The van der Waals surface area contributed by atoms with E-state index in [0.717, 1.165) is 16.9 Å². The zero-order valence-electron chi connectivity index (χ0n) is 17.8. The summed E-state index contributed by atoms with van der Waals surface area (Å²) in [5.74, 6) is 2.56. The molecule has 0 atom stereocenters.